The Labute approximate surface area is 109 Å². The van der Waals surface area contributed by atoms with E-state index in [2.05, 4.69) is 5.10 Å². The molecule has 0 N–H and O–H groups in total. The SMILES string of the molecule is O=C(/C=N\N1CCOCC1)c1ccc([N+](=O)[O-])cc1. The smallest absolute Gasteiger partial charge is 0.269 e. The fraction of sp³-hybridized carbons (Fsp3) is 0.333. The minimum atomic E-state index is -0.504. The lowest BCUT2D eigenvalue weighted by atomic mass is 10.1. The van der Waals surface area contributed by atoms with E-state index >= 15 is 0 Å². The molecule has 0 amide bonds. The van der Waals surface area contributed by atoms with Crippen LogP contribution in [-0.2, 0) is 4.74 Å². The van der Waals surface area contributed by atoms with Crippen molar-refractivity contribution in [1.82, 2.24) is 5.01 Å². The number of nitro benzene ring substituents is 1. The normalized spacial score (nSPS) is 15.7. The number of Topliss-reactive ketones (excluding diaryl/α,β-unsaturated/α-hetero) is 1. The zero-order chi connectivity index (χ0) is 13.7. The maximum atomic E-state index is 11.8. The maximum Gasteiger partial charge on any atom is 0.269 e. The second kappa shape index (κ2) is 6.05. The van der Waals surface area contributed by atoms with Gasteiger partial charge >= 0.3 is 0 Å². The third kappa shape index (κ3) is 3.59. The topological polar surface area (TPSA) is 85.0 Å². The first kappa shape index (κ1) is 13.2. The molecular formula is C12H13N3O4. The molecule has 0 radical (unpaired) electrons. The van der Waals surface area contributed by atoms with Crippen molar-refractivity contribution in [3.05, 3.63) is 39.9 Å². The van der Waals surface area contributed by atoms with E-state index in [1.54, 1.807) is 5.01 Å². The van der Waals surface area contributed by atoms with Crippen LogP contribution in [0.15, 0.2) is 29.4 Å². The van der Waals surface area contributed by atoms with Crippen LogP contribution >= 0.6 is 0 Å². The number of carbonyl (C=O) groups excluding carboxylic acids is 1. The number of carbonyl (C=O) groups is 1. The summed E-state index contributed by atoms with van der Waals surface area (Å²) >= 11 is 0. The van der Waals surface area contributed by atoms with Gasteiger partial charge < -0.3 is 4.74 Å². The number of hydrogen-bond acceptors (Lipinski definition) is 6. The fourth-order valence-corrected chi connectivity index (χ4v) is 1.63. The van der Waals surface area contributed by atoms with Crippen LogP contribution in [-0.4, -0.2) is 48.2 Å². The standard InChI is InChI=1S/C12H13N3O4/c16-12(9-13-14-5-7-19-8-6-14)10-1-3-11(4-2-10)15(17)18/h1-4,9H,5-8H2/b13-9-. The van der Waals surface area contributed by atoms with Gasteiger partial charge in [-0.05, 0) is 12.1 Å². The summed E-state index contributed by atoms with van der Waals surface area (Å²) in [6.45, 7) is 2.51. The number of rotatable bonds is 4. The van der Waals surface area contributed by atoms with E-state index in [1.807, 2.05) is 0 Å². The minimum Gasteiger partial charge on any atom is -0.378 e. The van der Waals surface area contributed by atoms with Crippen LogP contribution in [0.3, 0.4) is 0 Å². The number of nitrogens with zero attached hydrogens (tertiary/aromatic N) is 3. The van der Waals surface area contributed by atoms with Crippen molar-refractivity contribution in [3.63, 3.8) is 0 Å². The molecule has 100 valence electrons. The molecule has 7 heteroatoms. The molecule has 0 bridgehead atoms. The van der Waals surface area contributed by atoms with Crippen molar-refractivity contribution in [1.29, 1.82) is 0 Å². The van der Waals surface area contributed by atoms with Gasteiger partial charge in [-0.1, -0.05) is 0 Å². The van der Waals surface area contributed by atoms with Gasteiger partial charge in [0.1, 0.15) is 0 Å². The van der Waals surface area contributed by atoms with E-state index in [4.69, 9.17) is 4.74 Å². The monoisotopic (exact) mass is 263 g/mol. The van der Waals surface area contributed by atoms with Crippen molar-refractivity contribution in [2.75, 3.05) is 26.3 Å². The van der Waals surface area contributed by atoms with Gasteiger partial charge in [0.25, 0.3) is 5.69 Å². The summed E-state index contributed by atoms with van der Waals surface area (Å²) in [7, 11) is 0. The number of ketones is 1. The molecule has 1 aliphatic heterocycles. The summed E-state index contributed by atoms with van der Waals surface area (Å²) in [6.07, 6.45) is 1.23. The third-order valence-electron chi connectivity index (χ3n) is 2.69. The Bertz CT molecular complexity index is 492. The second-order valence-electron chi connectivity index (χ2n) is 3.98. The molecule has 19 heavy (non-hydrogen) atoms. The largest absolute Gasteiger partial charge is 0.378 e. The Morgan fingerprint density at radius 2 is 1.95 bits per heavy atom. The highest BCUT2D eigenvalue weighted by Gasteiger charge is 2.10. The van der Waals surface area contributed by atoms with Gasteiger partial charge in [0.15, 0.2) is 0 Å². The molecule has 1 saturated heterocycles. The highest BCUT2D eigenvalue weighted by Crippen LogP contribution is 2.11. The molecule has 2 rings (SSSR count). The molecule has 0 aliphatic carbocycles. The first-order chi connectivity index (χ1) is 9.16. The Morgan fingerprint density at radius 1 is 1.32 bits per heavy atom. The van der Waals surface area contributed by atoms with Crippen LogP contribution in [0.25, 0.3) is 0 Å². The van der Waals surface area contributed by atoms with E-state index in [0.29, 0.717) is 31.9 Å². The molecule has 1 heterocycles. The average Bonchev–Trinajstić information content (AvgIpc) is 2.46. The Balaban J connectivity index is 1.98. The molecule has 0 unspecified atom stereocenters. The maximum absolute atomic E-state index is 11.8. The van der Waals surface area contributed by atoms with Crippen molar-refractivity contribution < 1.29 is 14.5 Å². The number of benzene rings is 1. The lowest BCUT2D eigenvalue weighted by Gasteiger charge is -2.23. The van der Waals surface area contributed by atoms with E-state index in [0.717, 1.165) is 0 Å². The quantitative estimate of drug-likeness (QED) is 0.351. The van der Waals surface area contributed by atoms with Gasteiger partial charge in [0, 0.05) is 17.7 Å². The molecule has 1 aliphatic rings. The highest BCUT2D eigenvalue weighted by atomic mass is 16.6. The van der Waals surface area contributed by atoms with Gasteiger partial charge in [-0.25, -0.2) is 0 Å². The van der Waals surface area contributed by atoms with Crippen molar-refractivity contribution in [3.8, 4) is 0 Å². The molecule has 1 aromatic carbocycles. The van der Waals surface area contributed by atoms with E-state index in [-0.39, 0.29) is 11.5 Å². The van der Waals surface area contributed by atoms with Gasteiger partial charge in [-0.2, -0.15) is 5.10 Å². The van der Waals surface area contributed by atoms with Crippen molar-refractivity contribution in [2.24, 2.45) is 5.10 Å². The van der Waals surface area contributed by atoms with Crippen LogP contribution in [0.5, 0.6) is 0 Å². The first-order valence-electron chi connectivity index (χ1n) is 5.82. The molecule has 0 spiro atoms. The van der Waals surface area contributed by atoms with Crippen LogP contribution in [0.4, 0.5) is 5.69 Å². The third-order valence-corrected chi connectivity index (χ3v) is 2.69. The Kier molecular flexibility index (Phi) is 4.19. The number of nitro groups is 1. The summed E-state index contributed by atoms with van der Waals surface area (Å²) in [5.74, 6) is -0.276. The van der Waals surface area contributed by atoms with E-state index in [1.165, 1.54) is 30.5 Å². The zero-order valence-electron chi connectivity index (χ0n) is 10.2. The first-order valence-corrected chi connectivity index (χ1v) is 5.82. The van der Waals surface area contributed by atoms with Gasteiger partial charge in [-0.15, -0.1) is 0 Å². The second-order valence-corrected chi connectivity index (χ2v) is 3.98. The van der Waals surface area contributed by atoms with Crippen LogP contribution in [0, 0.1) is 10.1 Å². The lowest BCUT2D eigenvalue weighted by Crippen LogP contribution is -2.32. The average molecular weight is 263 g/mol. The Morgan fingerprint density at radius 3 is 2.53 bits per heavy atom. The van der Waals surface area contributed by atoms with Gasteiger partial charge in [-0.3, -0.25) is 19.9 Å². The predicted octanol–water partition coefficient (Wildman–Crippen LogP) is 1.10. The molecule has 0 aromatic heterocycles. The summed E-state index contributed by atoms with van der Waals surface area (Å²) in [4.78, 5) is 21.8. The number of non-ortho nitro benzene ring substituents is 1. The number of hydrazone groups is 1. The molecule has 7 nitrogen and oxygen atoms in total. The van der Waals surface area contributed by atoms with Gasteiger partial charge in [0.2, 0.25) is 5.78 Å². The molecule has 0 atom stereocenters. The molecular weight excluding hydrogens is 250 g/mol. The minimum absolute atomic E-state index is 0.0401. The number of morpholine rings is 1. The fourth-order valence-electron chi connectivity index (χ4n) is 1.63. The van der Waals surface area contributed by atoms with E-state index < -0.39 is 4.92 Å². The summed E-state index contributed by atoms with van der Waals surface area (Å²) < 4.78 is 5.16. The predicted molar refractivity (Wildman–Crippen MR) is 68.3 cm³/mol. The van der Waals surface area contributed by atoms with Crippen LogP contribution in [0.2, 0.25) is 0 Å². The highest BCUT2D eigenvalue weighted by molar-refractivity contribution is 6.35. The van der Waals surface area contributed by atoms with Crippen LogP contribution < -0.4 is 0 Å². The molecule has 1 fully saturated rings. The summed E-state index contributed by atoms with van der Waals surface area (Å²) in [6, 6.07) is 5.45. The summed E-state index contributed by atoms with van der Waals surface area (Å²) in [5.41, 5.74) is 0.337. The van der Waals surface area contributed by atoms with Crippen LogP contribution in [0.1, 0.15) is 10.4 Å². The van der Waals surface area contributed by atoms with E-state index in [9.17, 15) is 14.9 Å². The molecule has 0 saturated carbocycles. The van der Waals surface area contributed by atoms with Gasteiger partial charge in [0.05, 0.1) is 37.4 Å². The Hall–Kier alpha value is -2.28. The summed E-state index contributed by atoms with van der Waals surface area (Å²) in [5, 5.41) is 16.3. The zero-order valence-corrected chi connectivity index (χ0v) is 10.2. The lowest BCUT2D eigenvalue weighted by molar-refractivity contribution is -0.384. The van der Waals surface area contributed by atoms with Crippen molar-refractivity contribution >= 4 is 17.7 Å². The van der Waals surface area contributed by atoms with Crippen molar-refractivity contribution in [2.45, 2.75) is 0 Å². The molecule has 1 aromatic rings. The number of ether oxygens (including phenoxy) is 1. The number of hydrogen-bond donors (Lipinski definition) is 0.